The molecule has 2 aromatic carbocycles. The van der Waals surface area contributed by atoms with E-state index in [0.717, 1.165) is 10.8 Å². The third-order valence-electron chi connectivity index (χ3n) is 3.56. The Labute approximate surface area is 140 Å². The highest BCUT2D eigenvalue weighted by atomic mass is 127. The van der Waals surface area contributed by atoms with Gasteiger partial charge in [0.25, 0.3) is 0 Å². The number of carbonyl (C=O) groups is 1. The van der Waals surface area contributed by atoms with Crippen LogP contribution in [0, 0.1) is 0 Å². The van der Waals surface area contributed by atoms with E-state index in [2.05, 4.69) is 64.3 Å². The Morgan fingerprint density at radius 3 is 2.00 bits per heavy atom. The summed E-state index contributed by atoms with van der Waals surface area (Å²) >= 11 is 2.43. The molecular formula is C18H20INO. The summed E-state index contributed by atoms with van der Waals surface area (Å²) in [6.45, 7) is 1.58. The molecule has 0 saturated heterocycles. The number of nitrogens with one attached hydrogen (secondary N) is 1. The van der Waals surface area contributed by atoms with Crippen LogP contribution in [0.4, 0.5) is 0 Å². The smallest absolute Gasteiger partial charge is 0.217 e. The average Bonchev–Trinajstić information content (AvgIpc) is 2.52. The van der Waals surface area contributed by atoms with E-state index in [0.29, 0.717) is 5.92 Å². The number of benzene rings is 2. The van der Waals surface area contributed by atoms with Crippen molar-refractivity contribution >= 4 is 28.5 Å². The van der Waals surface area contributed by atoms with Crippen LogP contribution in [0.3, 0.4) is 0 Å². The molecule has 0 radical (unpaired) electrons. The van der Waals surface area contributed by atoms with Gasteiger partial charge in [-0.15, -0.1) is 0 Å². The van der Waals surface area contributed by atoms with Gasteiger partial charge in [-0.1, -0.05) is 83.3 Å². The number of amides is 1. The summed E-state index contributed by atoms with van der Waals surface area (Å²) in [5.74, 6) is 0.452. The predicted molar refractivity (Wildman–Crippen MR) is 95.7 cm³/mol. The van der Waals surface area contributed by atoms with Gasteiger partial charge in [-0.3, -0.25) is 4.79 Å². The molecule has 0 aliphatic rings. The van der Waals surface area contributed by atoms with Gasteiger partial charge in [0.15, 0.2) is 0 Å². The van der Waals surface area contributed by atoms with E-state index in [9.17, 15) is 4.79 Å². The van der Waals surface area contributed by atoms with Crippen molar-refractivity contribution in [2.45, 2.75) is 25.3 Å². The van der Waals surface area contributed by atoms with Crippen molar-refractivity contribution < 1.29 is 4.79 Å². The van der Waals surface area contributed by atoms with Gasteiger partial charge in [0.1, 0.15) is 0 Å². The maximum atomic E-state index is 11.5. The second-order valence-electron chi connectivity index (χ2n) is 5.16. The number of carbonyl (C=O) groups excluding carboxylic acids is 1. The quantitative estimate of drug-likeness (QED) is 0.570. The minimum Gasteiger partial charge on any atom is -0.350 e. The van der Waals surface area contributed by atoms with Crippen LogP contribution in [0.25, 0.3) is 0 Å². The fraction of sp³-hybridized carbons (Fsp3) is 0.278. The van der Waals surface area contributed by atoms with Crippen molar-refractivity contribution in [3.63, 3.8) is 0 Å². The first kappa shape index (κ1) is 16.0. The molecule has 110 valence electrons. The minimum atomic E-state index is 0.0177. The summed E-state index contributed by atoms with van der Waals surface area (Å²) in [5.41, 5.74) is 2.50. The molecule has 0 saturated carbocycles. The van der Waals surface area contributed by atoms with E-state index in [-0.39, 0.29) is 11.9 Å². The van der Waals surface area contributed by atoms with Crippen molar-refractivity contribution in [2.24, 2.45) is 0 Å². The fourth-order valence-electron chi connectivity index (χ4n) is 2.51. The summed E-state index contributed by atoms with van der Waals surface area (Å²) in [5, 5.41) is 3.09. The number of hydrogen-bond donors (Lipinski definition) is 1. The van der Waals surface area contributed by atoms with E-state index < -0.39 is 0 Å². The van der Waals surface area contributed by atoms with Crippen molar-refractivity contribution in [1.82, 2.24) is 5.32 Å². The topological polar surface area (TPSA) is 29.1 Å². The van der Waals surface area contributed by atoms with Crippen LogP contribution < -0.4 is 5.32 Å². The Hall–Kier alpha value is -1.36. The molecule has 0 aromatic heterocycles. The van der Waals surface area contributed by atoms with Gasteiger partial charge in [0.2, 0.25) is 5.91 Å². The van der Waals surface area contributed by atoms with Crippen LogP contribution in [-0.2, 0) is 4.79 Å². The summed E-state index contributed by atoms with van der Waals surface area (Å²) in [4.78, 5) is 11.5. The van der Waals surface area contributed by atoms with Crippen LogP contribution >= 0.6 is 22.6 Å². The molecule has 0 heterocycles. The summed E-state index contributed by atoms with van der Waals surface area (Å²) in [6, 6.07) is 20.8. The number of rotatable bonds is 6. The number of halogens is 1. The molecule has 2 nitrogen and oxygen atoms in total. The Bertz CT molecular complexity index is 556. The zero-order valence-corrected chi connectivity index (χ0v) is 14.3. The van der Waals surface area contributed by atoms with Crippen molar-refractivity contribution in [3.8, 4) is 0 Å². The Morgan fingerprint density at radius 1 is 1.00 bits per heavy atom. The third-order valence-corrected chi connectivity index (χ3v) is 4.62. The van der Waals surface area contributed by atoms with Crippen LogP contribution in [0.2, 0.25) is 0 Å². The minimum absolute atomic E-state index is 0.0177. The lowest BCUT2D eigenvalue weighted by Gasteiger charge is -2.24. The van der Waals surface area contributed by atoms with Crippen molar-refractivity contribution in [3.05, 3.63) is 71.8 Å². The third kappa shape index (κ3) is 4.84. The van der Waals surface area contributed by atoms with Gasteiger partial charge in [-0.25, -0.2) is 0 Å². The lowest BCUT2D eigenvalue weighted by molar-refractivity contribution is -0.119. The molecule has 0 spiro atoms. The maximum absolute atomic E-state index is 11.5. The second kappa shape index (κ2) is 8.17. The molecule has 0 fully saturated rings. The molecule has 3 heteroatoms. The van der Waals surface area contributed by atoms with Gasteiger partial charge >= 0.3 is 0 Å². The van der Waals surface area contributed by atoms with E-state index in [4.69, 9.17) is 0 Å². The molecule has 0 aliphatic carbocycles. The molecule has 2 rings (SSSR count). The highest BCUT2D eigenvalue weighted by molar-refractivity contribution is 14.1. The highest BCUT2D eigenvalue weighted by Gasteiger charge is 2.19. The van der Waals surface area contributed by atoms with Crippen LogP contribution in [-0.4, -0.2) is 10.3 Å². The maximum Gasteiger partial charge on any atom is 0.217 e. The standard InChI is InChI=1S/C18H20INO/c1-14(21)20-18(16-10-6-3-7-11-16)12-17(13-19)15-8-4-2-5-9-15/h2-11,17-18H,12-13H2,1H3,(H,20,21)/t17-,18-/m1/s1. The highest BCUT2D eigenvalue weighted by Crippen LogP contribution is 2.29. The van der Waals surface area contributed by atoms with E-state index >= 15 is 0 Å². The SMILES string of the molecule is CC(=O)N[C@H](C[C@H](CI)c1ccccc1)c1ccccc1. The normalized spacial score (nSPS) is 13.4. The fourth-order valence-corrected chi connectivity index (χ4v) is 3.38. The van der Waals surface area contributed by atoms with Gasteiger partial charge in [0.05, 0.1) is 6.04 Å². The summed E-state index contributed by atoms with van der Waals surface area (Å²) in [7, 11) is 0. The zero-order valence-electron chi connectivity index (χ0n) is 12.1. The molecule has 2 atom stereocenters. The molecule has 0 bridgehead atoms. The van der Waals surface area contributed by atoms with Crippen molar-refractivity contribution in [1.29, 1.82) is 0 Å². The van der Waals surface area contributed by atoms with Gasteiger partial charge in [-0.2, -0.15) is 0 Å². The largest absolute Gasteiger partial charge is 0.350 e. The lowest BCUT2D eigenvalue weighted by atomic mass is 9.90. The second-order valence-corrected chi connectivity index (χ2v) is 6.04. The van der Waals surface area contributed by atoms with Crippen LogP contribution in [0.1, 0.15) is 36.4 Å². The zero-order chi connectivity index (χ0) is 15.1. The molecule has 1 amide bonds. The molecule has 0 aliphatic heterocycles. The molecule has 1 N–H and O–H groups in total. The summed E-state index contributed by atoms with van der Waals surface area (Å²) < 4.78 is 1.03. The predicted octanol–water partition coefficient (Wildman–Crippen LogP) is 4.47. The molecule has 21 heavy (non-hydrogen) atoms. The monoisotopic (exact) mass is 393 g/mol. The molecule has 2 aromatic rings. The van der Waals surface area contributed by atoms with E-state index in [1.165, 1.54) is 11.1 Å². The van der Waals surface area contributed by atoms with E-state index in [1.54, 1.807) is 6.92 Å². The molecular weight excluding hydrogens is 373 g/mol. The van der Waals surface area contributed by atoms with Crippen LogP contribution in [0.5, 0.6) is 0 Å². The summed E-state index contributed by atoms with van der Waals surface area (Å²) in [6.07, 6.45) is 0.913. The van der Waals surface area contributed by atoms with Crippen molar-refractivity contribution in [2.75, 3.05) is 4.43 Å². The van der Waals surface area contributed by atoms with Gasteiger partial charge in [-0.05, 0) is 23.5 Å². The Kier molecular flexibility index (Phi) is 6.23. The molecule has 0 unspecified atom stereocenters. The lowest BCUT2D eigenvalue weighted by Crippen LogP contribution is -2.27. The van der Waals surface area contributed by atoms with E-state index in [1.807, 2.05) is 24.3 Å². The van der Waals surface area contributed by atoms with Gasteiger partial charge in [0, 0.05) is 11.4 Å². The number of alkyl halides is 1. The first-order chi connectivity index (χ1) is 10.2. The number of hydrogen-bond acceptors (Lipinski definition) is 1. The first-order valence-electron chi connectivity index (χ1n) is 7.13. The first-order valence-corrected chi connectivity index (χ1v) is 8.66. The Morgan fingerprint density at radius 2 is 1.52 bits per heavy atom. The van der Waals surface area contributed by atoms with Gasteiger partial charge < -0.3 is 5.32 Å². The average molecular weight is 393 g/mol. The van der Waals surface area contributed by atoms with Crippen LogP contribution in [0.15, 0.2) is 60.7 Å². The Balaban J connectivity index is 2.19.